The fraction of sp³-hybridized carbons (Fsp3) is 0.400. The quantitative estimate of drug-likeness (QED) is 0.738. The number of hydrogen-bond donors (Lipinski definition) is 0. The molecule has 1 nitrogen and oxygen atoms in total. The highest BCUT2D eigenvalue weighted by Crippen LogP contribution is 2.03. The number of aryl methyl sites for hydroxylation is 1. The van der Waals surface area contributed by atoms with Crippen molar-refractivity contribution in [3.8, 4) is 0 Å². The summed E-state index contributed by atoms with van der Waals surface area (Å²) in [6, 6.07) is 8.34. The molecule has 0 spiro atoms. The highest BCUT2D eigenvalue weighted by atomic mass is 79.9. The van der Waals surface area contributed by atoms with Crippen molar-refractivity contribution in [1.82, 2.24) is 0 Å². The molecule has 0 unspecified atom stereocenters. The molecule has 0 radical (unpaired) electrons. The lowest BCUT2D eigenvalue weighted by Crippen LogP contribution is -2.29. The van der Waals surface area contributed by atoms with Crippen LogP contribution >= 0.6 is 15.8 Å². The van der Waals surface area contributed by atoms with Gasteiger partial charge in [0.15, 0.2) is 0 Å². The van der Waals surface area contributed by atoms with E-state index in [1.165, 1.54) is 11.0 Å². The van der Waals surface area contributed by atoms with Gasteiger partial charge in [0.05, 0.1) is 0 Å². The molecule has 0 aliphatic heterocycles. The first-order chi connectivity index (χ1) is 6.09. The molecule has 1 aromatic rings. The van der Waals surface area contributed by atoms with E-state index in [0.29, 0.717) is 0 Å². The number of benzene rings is 1. The summed E-state index contributed by atoms with van der Waals surface area (Å²) in [7, 11) is 0. The molecule has 0 N–H and O–H groups in total. The molecule has 0 atom stereocenters. The van der Waals surface area contributed by atoms with Gasteiger partial charge in [0.2, 0.25) is 0 Å². The van der Waals surface area contributed by atoms with Crippen LogP contribution in [-0.4, -0.2) is 11.8 Å². The smallest absolute Gasteiger partial charge is 0.405 e. The van der Waals surface area contributed by atoms with E-state index in [9.17, 15) is 0 Å². The zero-order valence-corrected chi connectivity index (χ0v) is 9.84. The van der Waals surface area contributed by atoms with Gasteiger partial charge in [-0.25, -0.2) is 0 Å². The molecule has 0 aliphatic rings. The second-order valence-electron chi connectivity index (χ2n) is 3.41. The van der Waals surface area contributed by atoms with E-state index in [1.54, 1.807) is 0 Å². The molecule has 0 fully saturated rings. The molecule has 3 heteroatoms. The molecular weight excluding hydrogens is 227 g/mol. The maximum absolute atomic E-state index is 5.59. The fourth-order valence-electron chi connectivity index (χ4n) is 1.04. The summed E-state index contributed by atoms with van der Waals surface area (Å²) in [4.78, 5) is 0. The van der Waals surface area contributed by atoms with Crippen molar-refractivity contribution < 1.29 is 4.65 Å². The second kappa shape index (κ2) is 4.82. The van der Waals surface area contributed by atoms with E-state index in [0.717, 1.165) is 0 Å². The third-order valence-electron chi connectivity index (χ3n) is 1.73. The predicted octanol–water partition coefficient (Wildman–Crippen LogP) is 2.51. The first-order valence-corrected chi connectivity index (χ1v) is 5.37. The van der Waals surface area contributed by atoms with Crippen LogP contribution in [0.15, 0.2) is 24.3 Å². The lowest BCUT2D eigenvalue weighted by atomic mass is 9.86. The van der Waals surface area contributed by atoms with Crippen LogP contribution in [0.4, 0.5) is 0 Å². The van der Waals surface area contributed by atoms with E-state index < -0.39 is 0 Å². The maximum Gasteiger partial charge on any atom is 0.405 e. The molecular formula is C10H14BBrO. The summed E-state index contributed by atoms with van der Waals surface area (Å²) in [6.45, 7) is 6.14. The molecule has 1 aromatic carbocycles. The standard InChI is InChI=1S/C10H14BBrO/c1-8(2)13-11(12)10-6-4-9(3)5-7-10/h4-8H,1-3H3. The second-order valence-corrected chi connectivity index (χ2v) is 4.24. The van der Waals surface area contributed by atoms with Crippen LogP contribution < -0.4 is 5.46 Å². The van der Waals surface area contributed by atoms with E-state index in [1.807, 2.05) is 13.8 Å². The van der Waals surface area contributed by atoms with Gasteiger partial charge in [-0.2, -0.15) is 0 Å². The van der Waals surface area contributed by atoms with E-state index in [4.69, 9.17) is 4.65 Å². The van der Waals surface area contributed by atoms with Gasteiger partial charge < -0.3 is 4.65 Å². The van der Waals surface area contributed by atoms with Gasteiger partial charge in [-0.15, -0.1) is 15.8 Å². The number of rotatable bonds is 3. The van der Waals surface area contributed by atoms with Crippen LogP contribution in [0.25, 0.3) is 0 Å². The summed E-state index contributed by atoms with van der Waals surface area (Å²) in [5.74, 6) is 0. The summed E-state index contributed by atoms with van der Waals surface area (Å²) in [5.41, 5.74) is 2.44. The van der Waals surface area contributed by atoms with Crippen molar-refractivity contribution in [2.75, 3.05) is 0 Å². The molecule has 70 valence electrons. The van der Waals surface area contributed by atoms with Crippen molar-refractivity contribution >= 4 is 27.0 Å². The van der Waals surface area contributed by atoms with Gasteiger partial charge in [-0.3, -0.25) is 0 Å². The lowest BCUT2D eigenvalue weighted by molar-refractivity contribution is 0.258. The highest BCUT2D eigenvalue weighted by Gasteiger charge is 2.15. The average molecular weight is 241 g/mol. The zero-order valence-electron chi connectivity index (χ0n) is 8.25. The summed E-state index contributed by atoms with van der Waals surface area (Å²) < 4.78 is 5.59. The largest absolute Gasteiger partial charge is 0.419 e. The van der Waals surface area contributed by atoms with E-state index in [-0.39, 0.29) is 11.8 Å². The summed E-state index contributed by atoms with van der Waals surface area (Å²) in [6.07, 6.45) is 0.241. The molecule has 0 bridgehead atoms. The Morgan fingerprint density at radius 1 is 1.23 bits per heavy atom. The molecule has 0 saturated heterocycles. The van der Waals surface area contributed by atoms with Crippen LogP contribution in [0.2, 0.25) is 0 Å². The Morgan fingerprint density at radius 2 is 1.77 bits per heavy atom. The van der Waals surface area contributed by atoms with Crippen molar-refractivity contribution in [1.29, 1.82) is 0 Å². The molecule has 13 heavy (non-hydrogen) atoms. The number of hydrogen-bond acceptors (Lipinski definition) is 1. The highest BCUT2D eigenvalue weighted by molar-refractivity contribution is 9.24. The Bertz CT molecular complexity index is 258. The minimum atomic E-state index is 0.00750. The molecule has 0 amide bonds. The van der Waals surface area contributed by atoms with Gasteiger partial charge in [0, 0.05) is 6.10 Å². The van der Waals surface area contributed by atoms with Crippen molar-refractivity contribution in [2.45, 2.75) is 26.9 Å². The van der Waals surface area contributed by atoms with Gasteiger partial charge in [-0.1, -0.05) is 29.8 Å². The van der Waals surface area contributed by atoms with Gasteiger partial charge in [0.25, 0.3) is 0 Å². The van der Waals surface area contributed by atoms with Gasteiger partial charge >= 0.3 is 5.74 Å². The van der Waals surface area contributed by atoms with Crippen LogP contribution in [0.5, 0.6) is 0 Å². The molecule has 0 saturated carbocycles. The van der Waals surface area contributed by atoms with Crippen molar-refractivity contribution in [2.24, 2.45) is 0 Å². The van der Waals surface area contributed by atoms with Crippen molar-refractivity contribution in [3.63, 3.8) is 0 Å². The van der Waals surface area contributed by atoms with Crippen LogP contribution in [0.3, 0.4) is 0 Å². The summed E-state index contributed by atoms with van der Waals surface area (Å²) >= 11 is 3.49. The monoisotopic (exact) mass is 240 g/mol. The van der Waals surface area contributed by atoms with Crippen LogP contribution in [0, 0.1) is 6.92 Å². The Balaban J connectivity index is 2.66. The van der Waals surface area contributed by atoms with Gasteiger partial charge in [0.1, 0.15) is 0 Å². The first kappa shape index (κ1) is 10.8. The lowest BCUT2D eigenvalue weighted by Gasteiger charge is -2.11. The Labute approximate surface area is 88.6 Å². The Hall–Kier alpha value is -0.275. The minimum absolute atomic E-state index is 0.00750. The minimum Gasteiger partial charge on any atom is -0.419 e. The van der Waals surface area contributed by atoms with Crippen LogP contribution in [-0.2, 0) is 4.65 Å². The molecule has 0 heterocycles. The normalized spacial score (nSPS) is 10.5. The zero-order chi connectivity index (χ0) is 9.84. The topological polar surface area (TPSA) is 9.23 Å². The van der Waals surface area contributed by atoms with E-state index >= 15 is 0 Å². The Morgan fingerprint density at radius 3 is 2.23 bits per heavy atom. The Kier molecular flexibility index (Phi) is 4.01. The molecule has 0 aromatic heterocycles. The fourth-order valence-corrected chi connectivity index (χ4v) is 1.77. The average Bonchev–Trinajstić information content (AvgIpc) is 2.04. The van der Waals surface area contributed by atoms with Crippen molar-refractivity contribution in [3.05, 3.63) is 29.8 Å². The predicted molar refractivity (Wildman–Crippen MR) is 61.7 cm³/mol. The third kappa shape index (κ3) is 3.53. The SMILES string of the molecule is Cc1ccc(B(Br)OC(C)C)cc1. The van der Waals surface area contributed by atoms with Crippen LogP contribution in [0.1, 0.15) is 19.4 Å². The van der Waals surface area contributed by atoms with E-state index in [2.05, 4.69) is 46.9 Å². The summed E-state index contributed by atoms with van der Waals surface area (Å²) in [5, 5.41) is 0. The molecule has 0 aliphatic carbocycles. The molecule has 1 rings (SSSR count). The maximum atomic E-state index is 5.59. The van der Waals surface area contributed by atoms with Gasteiger partial charge in [-0.05, 0) is 26.2 Å². The number of halogens is 1. The third-order valence-corrected chi connectivity index (χ3v) is 2.48. The first-order valence-electron chi connectivity index (χ1n) is 4.45.